The Bertz CT molecular complexity index is 1340. The number of anilines is 1. The number of rotatable bonds is 8. The predicted octanol–water partition coefficient (Wildman–Crippen LogP) is 5.63. The molecule has 0 atom stereocenters. The maximum Gasteiger partial charge on any atom is 0.269 e. The summed E-state index contributed by atoms with van der Waals surface area (Å²) < 4.78 is 7.47. The summed E-state index contributed by atoms with van der Waals surface area (Å²) in [6.45, 7) is 2.62. The molecule has 34 heavy (non-hydrogen) atoms. The lowest BCUT2D eigenvalue weighted by Gasteiger charge is -2.08. The van der Waals surface area contributed by atoms with Crippen LogP contribution in [0, 0.1) is 17.0 Å². The van der Waals surface area contributed by atoms with Gasteiger partial charge < -0.3 is 10.1 Å². The van der Waals surface area contributed by atoms with Crippen LogP contribution in [0.5, 0.6) is 5.75 Å². The highest BCUT2D eigenvalue weighted by Crippen LogP contribution is 2.20. The SMILES string of the molecule is Cc1cc(NC(=O)c2cccc(COc3ccc([N+](=O)[O-])cc3)c2)nn1Cc1ccccc1Cl. The maximum atomic E-state index is 12.8. The van der Waals surface area contributed by atoms with E-state index >= 15 is 0 Å². The molecule has 8 nitrogen and oxygen atoms in total. The molecule has 0 unspecified atom stereocenters. The lowest BCUT2D eigenvalue weighted by Crippen LogP contribution is -2.13. The number of hydrogen-bond acceptors (Lipinski definition) is 5. The van der Waals surface area contributed by atoms with Gasteiger partial charge in [0.05, 0.1) is 11.5 Å². The normalized spacial score (nSPS) is 10.6. The van der Waals surface area contributed by atoms with Crippen LogP contribution in [0.25, 0.3) is 0 Å². The van der Waals surface area contributed by atoms with E-state index < -0.39 is 4.92 Å². The lowest BCUT2D eigenvalue weighted by molar-refractivity contribution is -0.384. The predicted molar refractivity (Wildman–Crippen MR) is 129 cm³/mol. The second kappa shape index (κ2) is 10.2. The first-order chi connectivity index (χ1) is 16.4. The smallest absolute Gasteiger partial charge is 0.269 e. The topological polar surface area (TPSA) is 99.3 Å². The van der Waals surface area contributed by atoms with Crippen molar-refractivity contribution in [2.45, 2.75) is 20.1 Å². The Balaban J connectivity index is 1.39. The van der Waals surface area contributed by atoms with Crippen molar-refractivity contribution >= 4 is 29.0 Å². The van der Waals surface area contributed by atoms with Gasteiger partial charge in [0.25, 0.3) is 11.6 Å². The quantitative estimate of drug-likeness (QED) is 0.262. The Labute approximate surface area is 200 Å². The van der Waals surface area contributed by atoms with E-state index in [-0.39, 0.29) is 18.2 Å². The van der Waals surface area contributed by atoms with Gasteiger partial charge in [0.15, 0.2) is 5.82 Å². The number of nitrogens with zero attached hydrogens (tertiary/aromatic N) is 3. The third-order valence-electron chi connectivity index (χ3n) is 5.14. The highest BCUT2D eigenvalue weighted by atomic mass is 35.5. The maximum absolute atomic E-state index is 12.8. The summed E-state index contributed by atoms with van der Waals surface area (Å²) in [5.74, 6) is 0.654. The molecule has 0 fully saturated rings. The molecule has 0 radical (unpaired) electrons. The van der Waals surface area contributed by atoms with E-state index in [1.54, 1.807) is 28.9 Å². The van der Waals surface area contributed by atoms with Gasteiger partial charge in [-0.3, -0.25) is 19.6 Å². The number of carbonyl (C=O) groups is 1. The zero-order valence-corrected chi connectivity index (χ0v) is 19.0. The van der Waals surface area contributed by atoms with Crippen LogP contribution in [0.15, 0.2) is 78.9 Å². The number of non-ortho nitro benzene ring substituents is 1. The molecule has 0 aliphatic carbocycles. The Morgan fingerprint density at radius 3 is 2.59 bits per heavy atom. The molecule has 0 bridgehead atoms. The Kier molecular flexibility index (Phi) is 6.89. The molecular weight excluding hydrogens is 456 g/mol. The number of nitro benzene ring substituents is 1. The third kappa shape index (κ3) is 5.60. The molecular formula is C25H21ClN4O4. The molecule has 1 aromatic heterocycles. The summed E-state index contributed by atoms with van der Waals surface area (Å²) >= 11 is 6.25. The van der Waals surface area contributed by atoms with E-state index in [1.165, 1.54) is 24.3 Å². The van der Waals surface area contributed by atoms with Gasteiger partial charge in [-0.25, -0.2) is 0 Å². The van der Waals surface area contributed by atoms with Crippen LogP contribution in [0.4, 0.5) is 11.5 Å². The number of aromatic nitrogens is 2. The Morgan fingerprint density at radius 1 is 1.09 bits per heavy atom. The third-order valence-corrected chi connectivity index (χ3v) is 5.51. The first-order valence-corrected chi connectivity index (χ1v) is 10.8. The van der Waals surface area contributed by atoms with Crippen molar-refractivity contribution in [3.63, 3.8) is 0 Å². The number of hydrogen-bond donors (Lipinski definition) is 1. The van der Waals surface area contributed by atoms with Crippen LogP contribution >= 0.6 is 11.6 Å². The molecule has 9 heteroatoms. The standard InChI is InChI=1S/C25H21ClN4O4/c1-17-13-24(28-29(17)15-20-6-2-3-8-23(20)26)27-25(31)19-7-4-5-18(14-19)16-34-22-11-9-21(10-12-22)30(32)33/h2-14H,15-16H2,1H3,(H,27,28,31). The van der Waals surface area contributed by atoms with Gasteiger partial charge in [0.1, 0.15) is 12.4 Å². The van der Waals surface area contributed by atoms with E-state index in [0.717, 1.165) is 16.8 Å². The molecule has 0 aliphatic heterocycles. The summed E-state index contributed by atoms with van der Waals surface area (Å²) in [7, 11) is 0. The van der Waals surface area contributed by atoms with Crippen molar-refractivity contribution < 1.29 is 14.5 Å². The number of nitro groups is 1. The van der Waals surface area contributed by atoms with Gasteiger partial charge in [0.2, 0.25) is 0 Å². The molecule has 1 N–H and O–H groups in total. The van der Waals surface area contributed by atoms with Crippen molar-refractivity contribution in [1.29, 1.82) is 0 Å². The molecule has 1 heterocycles. The average molecular weight is 477 g/mol. The fraction of sp³-hybridized carbons (Fsp3) is 0.120. The molecule has 0 saturated heterocycles. The fourth-order valence-electron chi connectivity index (χ4n) is 3.34. The lowest BCUT2D eigenvalue weighted by atomic mass is 10.1. The van der Waals surface area contributed by atoms with E-state index in [9.17, 15) is 14.9 Å². The molecule has 4 rings (SSSR count). The minimum Gasteiger partial charge on any atom is -0.489 e. The first kappa shape index (κ1) is 23.0. The van der Waals surface area contributed by atoms with Gasteiger partial charge in [-0.15, -0.1) is 0 Å². The number of carbonyl (C=O) groups excluding carboxylic acids is 1. The molecule has 0 saturated carbocycles. The van der Waals surface area contributed by atoms with Crippen molar-refractivity contribution in [2.24, 2.45) is 0 Å². The zero-order valence-electron chi connectivity index (χ0n) is 18.3. The molecule has 3 aromatic carbocycles. The van der Waals surface area contributed by atoms with Gasteiger partial charge in [-0.1, -0.05) is 41.9 Å². The average Bonchev–Trinajstić information content (AvgIpc) is 3.18. The first-order valence-electron chi connectivity index (χ1n) is 10.4. The number of amides is 1. The van der Waals surface area contributed by atoms with Crippen molar-refractivity contribution in [3.8, 4) is 5.75 Å². The molecule has 1 amide bonds. The highest BCUT2D eigenvalue weighted by Gasteiger charge is 2.12. The van der Waals surface area contributed by atoms with Crippen molar-refractivity contribution in [3.05, 3.63) is 116 Å². The van der Waals surface area contributed by atoms with Crippen LogP contribution < -0.4 is 10.1 Å². The minimum absolute atomic E-state index is 0.00411. The van der Waals surface area contributed by atoms with Gasteiger partial charge in [0, 0.05) is 34.5 Å². The molecule has 4 aromatic rings. The second-order valence-electron chi connectivity index (χ2n) is 7.61. The molecule has 0 spiro atoms. The number of benzene rings is 3. The molecule has 172 valence electrons. The minimum atomic E-state index is -0.465. The van der Waals surface area contributed by atoms with Crippen LogP contribution in [0.2, 0.25) is 5.02 Å². The monoisotopic (exact) mass is 476 g/mol. The fourth-order valence-corrected chi connectivity index (χ4v) is 3.54. The van der Waals surface area contributed by atoms with Crippen LogP contribution in [0.1, 0.15) is 27.2 Å². The molecule has 0 aliphatic rings. The largest absolute Gasteiger partial charge is 0.489 e. The van der Waals surface area contributed by atoms with Crippen molar-refractivity contribution in [2.75, 3.05) is 5.32 Å². The zero-order chi connectivity index (χ0) is 24.1. The number of halogens is 1. The van der Waals surface area contributed by atoms with Crippen molar-refractivity contribution in [1.82, 2.24) is 9.78 Å². The van der Waals surface area contributed by atoms with Crippen LogP contribution in [-0.4, -0.2) is 20.6 Å². The number of aryl methyl sites for hydroxylation is 1. The van der Waals surface area contributed by atoms with Gasteiger partial charge in [-0.2, -0.15) is 5.10 Å². The van der Waals surface area contributed by atoms with E-state index in [4.69, 9.17) is 16.3 Å². The summed E-state index contributed by atoms with van der Waals surface area (Å²) in [4.78, 5) is 23.1. The summed E-state index contributed by atoms with van der Waals surface area (Å²) in [6.07, 6.45) is 0. The highest BCUT2D eigenvalue weighted by molar-refractivity contribution is 6.31. The van der Waals surface area contributed by atoms with Gasteiger partial charge in [-0.05, 0) is 48.4 Å². The summed E-state index contributed by atoms with van der Waals surface area (Å²) in [5, 5.41) is 18.7. The van der Waals surface area contributed by atoms with Gasteiger partial charge >= 0.3 is 0 Å². The number of nitrogens with one attached hydrogen (secondary N) is 1. The summed E-state index contributed by atoms with van der Waals surface area (Å²) in [6, 6.07) is 22.2. The van der Waals surface area contributed by atoms with Crippen LogP contribution in [-0.2, 0) is 13.2 Å². The Hall–Kier alpha value is -4.17. The van der Waals surface area contributed by atoms with E-state index in [2.05, 4.69) is 10.4 Å². The summed E-state index contributed by atoms with van der Waals surface area (Å²) in [5.41, 5.74) is 3.07. The van der Waals surface area contributed by atoms with E-state index in [0.29, 0.717) is 28.7 Å². The number of ether oxygens (including phenoxy) is 1. The second-order valence-corrected chi connectivity index (χ2v) is 8.02. The van der Waals surface area contributed by atoms with E-state index in [1.807, 2.05) is 37.3 Å². The van der Waals surface area contributed by atoms with Crippen LogP contribution in [0.3, 0.4) is 0 Å². The Morgan fingerprint density at radius 2 is 1.85 bits per heavy atom.